The molecule has 1 heterocycles. The lowest BCUT2D eigenvalue weighted by Gasteiger charge is -2.06. The molecule has 4 heteroatoms. The van der Waals surface area contributed by atoms with Gasteiger partial charge in [-0.15, -0.1) is 0 Å². The van der Waals surface area contributed by atoms with E-state index < -0.39 is 0 Å². The molecule has 1 aromatic heterocycles. The molecule has 1 aromatic rings. The highest BCUT2D eigenvalue weighted by atomic mass is 16.5. The lowest BCUT2D eigenvalue weighted by Crippen LogP contribution is -2.20. The summed E-state index contributed by atoms with van der Waals surface area (Å²) in [4.78, 5) is 0. The van der Waals surface area contributed by atoms with E-state index in [4.69, 9.17) is 4.74 Å². The van der Waals surface area contributed by atoms with Crippen molar-refractivity contribution < 1.29 is 4.74 Å². The van der Waals surface area contributed by atoms with Crippen LogP contribution in [-0.2, 0) is 17.9 Å². The van der Waals surface area contributed by atoms with Gasteiger partial charge >= 0.3 is 0 Å². The highest BCUT2D eigenvalue weighted by Crippen LogP contribution is 2.04. The van der Waals surface area contributed by atoms with Crippen molar-refractivity contribution in [2.45, 2.75) is 40.3 Å². The van der Waals surface area contributed by atoms with Crippen LogP contribution in [0.5, 0.6) is 0 Å². The molecule has 0 radical (unpaired) electrons. The number of rotatable bonds is 8. The maximum Gasteiger partial charge on any atom is 0.0885 e. The summed E-state index contributed by atoms with van der Waals surface area (Å²) in [5.41, 5.74) is 2.22. The van der Waals surface area contributed by atoms with Crippen LogP contribution in [0, 0.1) is 6.92 Å². The molecule has 0 unspecified atom stereocenters. The van der Waals surface area contributed by atoms with Crippen LogP contribution in [0.4, 0.5) is 0 Å². The molecule has 92 valence electrons. The molecule has 0 amide bonds. The minimum absolute atomic E-state index is 0.655. The minimum atomic E-state index is 0.655. The second kappa shape index (κ2) is 7.41. The summed E-state index contributed by atoms with van der Waals surface area (Å²) < 4.78 is 7.59. The first-order chi connectivity index (χ1) is 7.77. The van der Waals surface area contributed by atoms with E-state index in [1.54, 1.807) is 0 Å². The van der Waals surface area contributed by atoms with E-state index in [2.05, 4.69) is 30.3 Å². The molecule has 0 aromatic carbocycles. The number of ether oxygens (including phenoxy) is 1. The Morgan fingerprint density at radius 3 is 2.88 bits per heavy atom. The average Bonchev–Trinajstić information content (AvgIpc) is 2.64. The van der Waals surface area contributed by atoms with Gasteiger partial charge in [-0.3, -0.25) is 4.68 Å². The molecule has 0 saturated carbocycles. The molecule has 0 fully saturated rings. The summed E-state index contributed by atoms with van der Waals surface area (Å²) in [6.07, 6.45) is 1.17. The van der Waals surface area contributed by atoms with Gasteiger partial charge in [0, 0.05) is 13.1 Å². The molecule has 0 aliphatic carbocycles. The van der Waals surface area contributed by atoms with Crippen molar-refractivity contribution in [3.63, 3.8) is 0 Å². The van der Waals surface area contributed by atoms with Crippen molar-refractivity contribution in [2.75, 3.05) is 19.7 Å². The second-order valence-electron chi connectivity index (χ2n) is 3.90. The molecular formula is C12H23N3O. The van der Waals surface area contributed by atoms with Crippen LogP contribution in [0.3, 0.4) is 0 Å². The van der Waals surface area contributed by atoms with Gasteiger partial charge in [-0.1, -0.05) is 6.92 Å². The molecule has 1 N–H and O–H groups in total. The molecular weight excluding hydrogens is 202 g/mol. The normalized spacial score (nSPS) is 10.9. The Kier molecular flexibility index (Phi) is 6.11. The standard InChI is InChI=1S/C12H23N3O/c1-4-6-13-7-8-16-10-12-9-11(3)14-15(12)5-2/h9,13H,4-8,10H2,1-3H3. The van der Waals surface area contributed by atoms with Crippen molar-refractivity contribution in [3.8, 4) is 0 Å². The first kappa shape index (κ1) is 13.2. The van der Waals surface area contributed by atoms with Gasteiger partial charge in [0.25, 0.3) is 0 Å². The van der Waals surface area contributed by atoms with Gasteiger partial charge in [-0.2, -0.15) is 5.10 Å². The molecule has 0 spiro atoms. The Morgan fingerprint density at radius 1 is 1.38 bits per heavy atom. The fraction of sp³-hybridized carbons (Fsp3) is 0.750. The Morgan fingerprint density at radius 2 is 2.19 bits per heavy atom. The number of nitrogens with one attached hydrogen (secondary N) is 1. The third kappa shape index (κ3) is 4.33. The average molecular weight is 225 g/mol. The van der Waals surface area contributed by atoms with Gasteiger partial charge in [0.05, 0.1) is 24.6 Å². The molecule has 4 nitrogen and oxygen atoms in total. The van der Waals surface area contributed by atoms with E-state index in [-0.39, 0.29) is 0 Å². The first-order valence-corrected chi connectivity index (χ1v) is 6.09. The van der Waals surface area contributed by atoms with Gasteiger partial charge in [0.15, 0.2) is 0 Å². The first-order valence-electron chi connectivity index (χ1n) is 6.09. The summed E-state index contributed by atoms with van der Waals surface area (Å²) in [6, 6.07) is 2.09. The monoisotopic (exact) mass is 225 g/mol. The highest BCUT2D eigenvalue weighted by molar-refractivity contribution is 5.07. The van der Waals surface area contributed by atoms with Gasteiger partial charge in [-0.05, 0) is 32.9 Å². The van der Waals surface area contributed by atoms with Crippen molar-refractivity contribution in [1.82, 2.24) is 15.1 Å². The molecule has 0 aliphatic heterocycles. The Bertz CT molecular complexity index is 296. The lowest BCUT2D eigenvalue weighted by atomic mass is 10.4. The molecule has 16 heavy (non-hydrogen) atoms. The largest absolute Gasteiger partial charge is 0.374 e. The summed E-state index contributed by atoms with van der Waals surface area (Å²) in [7, 11) is 0. The van der Waals surface area contributed by atoms with Gasteiger partial charge in [0.2, 0.25) is 0 Å². The van der Waals surface area contributed by atoms with Crippen molar-refractivity contribution in [2.24, 2.45) is 0 Å². The number of nitrogens with zero attached hydrogens (tertiary/aromatic N) is 2. The summed E-state index contributed by atoms with van der Waals surface area (Å²) >= 11 is 0. The van der Waals surface area contributed by atoms with E-state index >= 15 is 0 Å². The number of aryl methyl sites for hydroxylation is 2. The minimum Gasteiger partial charge on any atom is -0.374 e. The molecule has 0 atom stereocenters. The third-order valence-electron chi connectivity index (χ3n) is 2.38. The van der Waals surface area contributed by atoms with E-state index in [9.17, 15) is 0 Å². The number of hydrogen-bond acceptors (Lipinski definition) is 3. The smallest absolute Gasteiger partial charge is 0.0885 e. The summed E-state index contributed by atoms with van der Waals surface area (Å²) in [6.45, 7) is 10.6. The second-order valence-corrected chi connectivity index (χ2v) is 3.90. The van der Waals surface area contributed by atoms with Gasteiger partial charge in [0.1, 0.15) is 0 Å². The quantitative estimate of drug-likeness (QED) is 0.685. The van der Waals surface area contributed by atoms with E-state index in [1.807, 2.05) is 11.6 Å². The predicted molar refractivity (Wildman–Crippen MR) is 65.5 cm³/mol. The number of hydrogen-bond donors (Lipinski definition) is 1. The molecule has 0 bridgehead atoms. The van der Waals surface area contributed by atoms with Gasteiger partial charge < -0.3 is 10.1 Å². The fourth-order valence-electron chi connectivity index (χ4n) is 1.61. The topological polar surface area (TPSA) is 39.1 Å². The van der Waals surface area contributed by atoms with Crippen LogP contribution < -0.4 is 5.32 Å². The van der Waals surface area contributed by atoms with Crippen LogP contribution in [0.1, 0.15) is 31.7 Å². The Hall–Kier alpha value is -0.870. The van der Waals surface area contributed by atoms with Crippen LogP contribution in [0.25, 0.3) is 0 Å². The maximum atomic E-state index is 5.60. The van der Waals surface area contributed by atoms with Gasteiger partial charge in [-0.25, -0.2) is 0 Å². The Labute approximate surface area is 98.0 Å². The van der Waals surface area contributed by atoms with Crippen LogP contribution >= 0.6 is 0 Å². The third-order valence-corrected chi connectivity index (χ3v) is 2.38. The lowest BCUT2D eigenvalue weighted by molar-refractivity contribution is 0.117. The molecule has 1 rings (SSSR count). The summed E-state index contributed by atoms with van der Waals surface area (Å²) in [5.74, 6) is 0. The highest BCUT2D eigenvalue weighted by Gasteiger charge is 2.03. The van der Waals surface area contributed by atoms with E-state index in [1.165, 1.54) is 6.42 Å². The fourth-order valence-corrected chi connectivity index (χ4v) is 1.61. The SMILES string of the molecule is CCCNCCOCc1cc(C)nn1CC. The summed E-state index contributed by atoms with van der Waals surface area (Å²) in [5, 5.41) is 7.69. The molecule has 0 saturated heterocycles. The van der Waals surface area contributed by atoms with Crippen LogP contribution in [0.15, 0.2) is 6.07 Å². The predicted octanol–water partition coefficient (Wildman–Crippen LogP) is 1.73. The van der Waals surface area contributed by atoms with Crippen LogP contribution in [-0.4, -0.2) is 29.5 Å². The maximum absolute atomic E-state index is 5.60. The van der Waals surface area contributed by atoms with E-state index in [0.29, 0.717) is 6.61 Å². The van der Waals surface area contributed by atoms with Crippen molar-refractivity contribution in [1.29, 1.82) is 0 Å². The van der Waals surface area contributed by atoms with Crippen molar-refractivity contribution in [3.05, 3.63) is 17.5 Å². The zero-order valence-corrected chi connectivity index (χ0v) is 10.6. The van der Waals surface area contributed by atoms with Crippen molar-refractivity contribution >= 4 is 0 Å². The van der Waals surface area contributed by atoms with Crippen LogP contribution in [0.2, 0.25) is 0 Å². The zero-order chi connectivity index (χ0) is 11.8. The van der Waals surface area contributed by atoms with E-state index in [0.717, 1.165) is 37.6 Å². The molecule has 0 aliphatic rings. The number of aromatic nitrogens is 2. The Balaban J connectivity index is 2.21. The zero-order valence-electron chi connectivity index (χ0n) is 10.6.